The van der Waals surface area contributed by atoms with E-state index in [0.29, 0.717) is 11.4 Å². The lowest BCUT2D eigenvalue weighted by molar-refractivity contribution is 0.668. The molecule has 0 unspecified atom stereocenters. The van der Waals surface area contributed by atoms with Gasteiger partial charge in [-0.1, -0.05) is 48.5 Å². The molecule has 0 aliphatic rings. The number of hydrogen-bond donors (Lipinski definition) is 0. The summed E-state index contributed by atoms with van der Waals surface area (Å²) < 4.78 is 17.3. The van der Waals surface area contributed by atoms with Crippen molar-refractivity contribution >= 4 is 98.9 Å². The maximum absolute atomic E-state index is 7.61. The van der Waals surface area contributed by atoms with Crippen LogP contribution in [0.5, 0.6) is 0 Å². The van der Waals surface area contributed by atoms with Gasteiger partial charge in [0, 0.05) is 49.1 Å². The smallest absolute Gasteiger partial charge is 0.188 e. The molecule has 0 radical (unpaired) electrons. The van der Waals surface area contributed by atoms with Gasteiger partial charge in [-0.25, -0.2) is 9.69 Å². The van der Waals surface area contributed by atoms with Gasteiger partial charge in [-0.15, -0.1) is 0 Å². The Balaban J connectivity index is 1.17. The molecule has 0 bridgehead atoms. The van der Waals surface area contributed by atoms with Gasteiger partial charge in [-0.3, -0.25) is 0 Å². The van der Waals surface area contributed by atoms with Crippen LogP contribution in [0, 0.1) is 13.1 Å². The van der Waals surface area contributed by atoms with Crippen LogP contribution in [0.15, 0.2) is 142 Å². The normalized spacial score (nSPS) is 12.0. The number of aromatic nitrogens is 2. The fraction of sp³-hybridized carbons (Fsp3) is 0. The van der Waals surface area contributed by atoms with Gasteiger partial charge >= 0.3 is 0 Å². The zero-order valence-electron chi connectivity index (χ0n) is 26.3. The summed E-state index contributed by atoms with van der Waals surface area (Å²) >= 11 is 0. The molecule has 6 nitrogen and oxygen atoms in total. The molecule has 0 atom stereocenters. The monoisotopic (exact) mass is 638 g/mol. The summed E-state index contributed by atoms with van der Waals surface area (Å²) in [5.74, 6) is 0. The Bertz CT molecular complexity index is 3360. The highest BCUT2D eigenvalue weighted by Crippen LogP contribution is 2.43. The van der Waals surface area contributed by atoms with Crippen molar-refractivity contribution < 1.29 is 8.83 Å². The summed E-state index contributed by atoms with van der Waals surface area (Å²) in [6, 6.07) is 45.3. The van der Waals surface area contributed by atoms with Crippen molar-refractivity contribution in [3.8, 4) is 11.4 Å². The largest absolute Gasteiger partial charge is 0.456 e. The van der Waals surface area contributed by atoms with E-state index in [4.69, 9.17) is 22.0 Å². The Morgan fingerprint density at radius 1 is 0.380 bits per heavy atom. The molecule has 230 valence electrons. The van der Waals surface area contributed by atoms with E-state index in [2.05, 4.69) is 104 Å². The first-order chi connectivity index (χ1) is 24.7. The number of fused-ring (bicyclic) bond motifs is 13. The fourth-order valence-electron chi connectivity index (χ4n) is 8.00. The molecule has 0 fully saturated rings. The zero-order valence-corrected chi connectivity index (χ0v) is 26.3. The van der Waals surface area contributed by atoms with Gasteiger partial charge < -0.3 is 18.0 Å². The molecule has 6 heteroatoms. The van der Waals surface area contributed by atoms with E-state index >= 15 is 0 Å². The van der Waals surface area contributed by atoms with E-state index in [0.717, 1.165) is 98.9 Å². The molecule has 50 heavy (non-hydrogen) atoms. The average molecular weight is 639 g/mol. The molecule has 0 spiro atoms. The number of furan rings is 2. The summed E-state index contributed by atoms with van der Waals surface area (Å²) in [6.45, 7) is 15.2. The SMILES string of the molecule is [C-]#[N+]c1ccc2oc3ccc4c(c5ccccc5n4-c4ccc5oc6ccc(-n7c8ccccc8c8cc([N+]#[C-])ccc87)cc6c5c4)c3c2c1. The van der Waals surface area contributed by atoms with Crippen molar-refractivity contribution in [3.63, 3.8) is 0 Å². The van der Waals surface area contributed by atoms with Crippen LogP contribution in [0.2, 0.25) is 0 Å². The van der Waals surface area contributed by atoms with Crippen LogP contribution in [0.3, 0.4) is 0 Å². The summed E-state index contributed by atoms with van der Waals surface area (Å²) in [7, 11) is 0. The molecule has 11 rings (SSSR count). The van der Waals surface area contributed by atoms with Gasteiger partial charge in [0.15, 0.2) is 11.4 Å². The first-order valence-electron chi connectivity index (χ1n) is 16.3. The minimum atomic E-state index is 0.589. The molecule has 0 aliphatic heterocycles. The lowest BCUT2D eigenvalue weighted by atomic mass is 10.1. The van der Waals surface area contributed by atoms with Gasteiger partial charge in [0.1, 0.15) is 22.3 Å². The van der Waals surface area contributed by atoms with Gasteiger partial charge in [0.2, 0.25) is 0 Å². The highest BCUT2D eigenvalue weighted by molar-refractivity contribution is 6.27. The predicted molar refractivity (Wildman–Crippen MR) is 202 cm³/mol. The molecule has 0 N–H and O–H groups in total. The average Bonchev–Trinajstić information content (AvgIpc) is 3.91. The van der Waals surface area contributed by atoms with Gasteiger partial charge in [0.05, 0.1) is 35.2 Å². The highest BCUT2D eigenvalue weighted by atomic mass is 16.3. The van der Waals surface area contributed by atoms with Crippen molar-refractivity contribution in [2.24, 2.45) is 0 Å². The highest BCUT2D eigenvalue weighted by Gasteiger charge is 2.20. The third-order valence-electron chi connectivity index (χ3n) is 10.1. The summed E-state index contributed by atoms with van der Waals surface area (Å²) in [6.07, 6.45) is 0. The lowest BCUT2D eigenvalue weighted by Gasteiger charge is -2.09. The van der Waals surface area contributed by atoms with E-state index < -0.39 is 0 Å². The number of para-hydroxylation sites is 2. The third-order valence-corrected chi connectivity index (χ3v) is 10.1. The van der Waals surface area contributed by atoms with Crippen molar-refractivity contribution in [1.29, 1.82) is 0 Å². The quantitative estimate of drug-likeness (QED) is 0.177. The Morgan fingerprint density at radius 3 is 1.60 bits per heavy atom. The first kappa shape index (κ1) is 26.8. The Morgan fingerprint density at radius 2 is 0.880 bits per heavy atom. The predicted octanol–water partition coefficient (Wildman–Crippen LogP) is 12.8. The Labute approximate surface area is 283 Å². The van der Waals surface area contributed by atoms with Gasteiger partial charge in [0.25, 0.3) is 0 Å². The third kappa shape index (κ3) is 3.49. The molecular weight excluding hydrogens is 617 g/mol. The Hall–Kier alpha value is -7.28. The molecule has 0 aliphatic carbocycles. The van der Waals surface area contributed by atoms with Crippen molar-refractivity contribution in [1.82, 2.24) is 9.13 Å². The van der Waals surface area contributed by atoms with Gasteiger partial charge in [-0.05, 0) is 90.3 Å². The number of rotatable bonds is 2. The molecule has 4 aromatic heterocycles. The van der Waals surface area contributed by atoms with Crippen molar-refractivity contribution in [2.45, 2.75) is 0 Å². The van der Waals surface area contributed by atoms with Crippen LogP contribution in [0.25, 0.3) is 109 Å². The van der Waals surface area contributed by atoms with Crippen molar-refractivity contribution in [3.05, 3.63) is 156 Å². The summed E-state index contributed by atoms with van der Waals surface area (Å²) in [4.78, 5) is 7.38. The van der Waals surface area contributed by atoms with Crippen LogP contribution in [0.4, 0.5) is 11.4 Å². The maximum Gasteiger partial charge on any atom is 0.188 e. The fourth-order valence-corrected chi connectivity index (χ4v) is 8.00. The van der Waals surface area contributed by atoms with Crippen LogP contribution in [-0.2, 0) is 0 Å². The second-order valence-corrected chi connectivity index (χ2v) is 12.7. The van der Waals surface area contributed by atoms with E-state index in [1.54, 1.807) is 6.07 Å². The topological polar surface area (TPSA) is 44.9 Å². The molecule has 4 heterocycles. The van der Waals surface area contributed by atoms with Crippen LogP contribution in [-0.4, -0.2) is 9.13 Å². The van der Waals surface area contributed by atoms with Crippen LogP contribution in [0.1, 0.15) is 0 Å². The number of hydrogen-bond acceptors (Lipinski definition) is 2. The van der Waals surface area contributed by atoms with Crippen molar-refractivity contribution in [2.75, 3.05) is 0 Å². The number of nitrogens with zero attached hydrogens (tertiary/aromatic N) is 4. The van der Waals surface area contributed by atoms with E-state index in [1.165, 1.54) is 0 Å². The second-order valence-electron chi connectivity index (χ2n) is 12.7. The Kier molecular flexibility index (Phi) is 5.16. The first-order valence-corrected chi connectivity index (χ1v) is 16.3. The standard InChI is InChI=1S/C44H22N4O2/c1-45-25-11-15-37-31(21-25)29-7-3-5-9-35(29)47(37)27-13-18-39-32(23-27)33-24-28(14-19-40(33)49-39)48-36-10-6-4-8-30(36)43-38(48)16-20-42-44(43)34-22-26(46-2)12-17-41(34)50-42/h3-24H. The minimum Gasteiger partial charge on any atom is -0.456 e. The van der Waals surface area contributed by atoms with E-state index in [1.807, 2.05) is 42.5 Å². The summed E-state index contributed by atoms with van der Waals surface area (Å²) in [5, 5.41) is 8.42. The number of benzene rings is 7. The zero-order chi connectivity index (χ0) is 33.1. The van der Waals surface area contributed by atoms with E-state index in [-0.39, 0.29) is 0 Å². The van der Waals surface area contributed by atoms with Crippen LogP contribution < -0.4 is 0 Å². The molecule has 11 aromatic rings. The summed E-state index contributed by atoms with van der Waals surface area (Å²) in [5.41, 5.74) is 10.8. The lowest BCUT2D eigenvalue weighted by Crippen LogP contribution is -1.94. The molecule has 0 saturated heterocycles. The van der Waals surface area contributed by atoms with Crippen LogP contribution >= 0.6 is 0 Å². The molecule has 0 amide bonds. The van der Waals surface area contributed by atoms with E-state index in [9.17, 15) is 0 Å². The van der Waals surface area contributed by atoms with Gasteiger partial charge in [-0.2, -0.15) is 0 Å². The maximum atomic E-state index is 7.61. The molecule has 0 saturated carbocycles. The molecular formula is C44H22N4O2. The molecule has 7 aromatic carbocycles. The minimum absolute atomic E-state index is 0.589. The second kappa shape index (κ2) is 9.64.